The van der Waals surface area contributed by atoms with Crippen molar-refractivity contribution in [3.63, 3.8) is 0 Å². The molecule has 0 saturated heterocycles. The standard InChI is InChI=1S/C16H7F6NO3/c1-23-8-4-7(17)5-9(6-8)25-11-3-2-10(15(18,19)20)12-13(11)26-16(21,22)14(12)24/h2-6,14,24H/t14-/m0/s1. The van der Waals surface area contributed by atoms with Gasteiger partial charge < -0.3 is 14.6 Å². The van der Waals surface area contributed by atoms with E-state index < -0.39 is 46.8 Å². The van der Waals surface area contributed by atoms with Crippen molar-refractivity contribution in [2.75, 3.05) is 0 Å². The van der Waals surface area contributed by atoms with Crippen molar-refractivity contribution in [2.24, 2.45) is 0 Å². The number of hydrogen-bond donors (Lipinski definition) is 1. The number of aliphatic hydroxyl groups excluding tert-OH is 1. The van der Waals surface area contributed by atoms with Crippen LogP contribution in [-0.4, -0.2) is 11.2 Å². The van der Waals surface area contributed by atoms with Gasteiger partial charge in [0.2, 0.25) is 0 Å². The van der Waals surface area contributed by atoms with E-state index in [0.29, 0.717) is 12.1 Å². The third-order valence-corrected chi connectivity index (χ3v) is 3.51. The summed E-state index contributed by atoms with van der Waals surface area (Å²) in [7, 11) is 0. The Hall–Kier alpha value is -2.93. The molecule has 1 aliphatic heterocycles. The predicted molar refractivity (Wildman–Crippen MR) is 74.7 cm³/mol. The number of hydrogen-bond acceptors (Lipinski definition) is 3. The summed E-state index contributed by atoms with van der Waals surface area (Å²) in [6.45, 7) is 6.84. The number of benzene rings is 2. The van der Waals surface area contributed by atoms with Crippen LogP contribution in [0.25, 0.3) is 4.85 Å². The van der Waals surface area contributed by atoms with Gasteiger partial charge in [0.05, 0.1) is 12.1 Å². The lowest BCUT2D eigenvalue weighted by molar-refractivity contribution is -0.225. The maximum Gasteiger partial charge on any atom is 0.429 e. The molecule has 0 aromatic heterocycles. The van der Waals surface area contributed by atoms with Gasteiger partial charge in [-0.25, -0.2) is 9.24 Å². The minimum absolute atomic E-state index is 0.171. The molecule has 0 radical (unpaired) electrons. The van der Waals surface area contributed by atoms with E-state index in [9.17, 15) is 31.4 Å². The summed E-state index contributed by atoms with van der Waals surface area (Å²) in [5, 5.41) is 9.54. The fourth-order valence-corrected chi connectivity index (χ4v) is 2.44. The Morgan fingerprint density at radius 1 is 1.19 bits per heavy atom. The lowest BCUT2D eigenvalue weighted by Crippen LogP contribution is -2.27. The minimum atomic E-state index is -5.02. The maximum atomic E-state index is 13.6. The number of halogens is 6. The molecule has 0 amide bonds. The summed E-state index contributed by atoms with van der Waals surface area (Å²) in [5.74, 6) is -2.79. The minimum Gasteiger partial charge on any atom is -0.455 e. The first-order valence-corrected chi connectivity index (χ1v) is 6.88. The van der Waals surface area contributed by atoms with Crippen molar-refractivity contribution < 1.29 is 40.9 Å². The number of nitrogens with zero attached hydrogens (tertiary/aromatic N) is 1. The van der Waals surface area contributed by atoms with E-state index in [-0.39, 0.29) is 11.4 Å². The van der Waals surface area contributed by atoms with Crippen LogP contribution in [0.3, 0.4) is 0 Å². The van der Waals surface area contributed by atoms with E-state index in [0.717, 1.165) is 18.2 Å². The number of aliphatic hydroxyl groups is 1. The summed E-state index contributed by atoms with van der Waals surface area (Å²) in [6.07, 6.45) is -12.2. The van der Waals surface area contributed by atoms with E-state index in [1.54, 1.807) is 0 Å². The van der Waals surface area contributed by atoms with Crippen molar-refractivity contribution in [3.05, 3.63) is 58.7 Å². The van der Waals surface area contributed by atoms with Gasteiger partial charge >= 0.3 is 12.3 Å². The van der Waals surface area contributed by atoms with Crippen molar-refractivity contribution in [1.29, 1.82) is 0 Å². The molecule has 1 atom stereocenters. The van der Waals surface area contributed by atoms with Gasteiger partial charge in [-0.15, -0.1) is 0 Å². The van der Waals surface area contributed by atoms with Crippen molar-refractivity contribution in [3.8, 4) is 17.2 Å². The van der Waals surface area contributed by atoms with E-state index in [1.165, 1.54) is 0 Å². The molecule has 2 aromatic rings. The molecule has 0 fully saturated rings. The lowest BCUT2D eigenvalue weighted by atomic mass is 10.0. The molecule has 26 heavy (non-hydrogen) atoms. The van der Waals surface area contributed by atoms with Crippen LogP contribution in [0.2, 0.25) is 0 Å². The second-order valence-electron chi connectivity index (χ2n) is 5.28. The van der Waals surface area contributed by atoms with Gasteiger partial charge in [-0.3, -0.25) is 0 Å². The molecule has 1 N–H and O–H groups in total. The Morgan fingerprint density at radius 3 is 2.50 bits per heavy atom. The third kappa shape index (κ3) is 3.01. The second-order valence-corrected chi connectivity index (χ2v) is 5.28. The predicted octanol–water partition coefficient (Wildman–Crippen LogP) is 5.21. The Kier molecular flexibility index (Phi) is 3.99. The van der Waals surface area contributed by atoms with Gasteiger partial charge in [0, 0.05) is 11.6 Å². The summed E-state index contributed by atoms with van der Waals surface area (Å²) < 4.78 is 89.1. The first kappa shape index (κ1) is 17.9. The molecule has 136 valence electrons. The number of fused-ring (bicyclic) bond motifs is 1. The Balaban J connectivity index is 2.12. The molecule has 10 heteroatoms. The van der Waals surface area contributed by atoms with E-state index in [1.807, 2.05) is 0 Å². The number of ether oxygens (including phenoxy) is 2. The summed E-state index contributed by atoms with van der Waals surface area (Å²) >= 11 is 0. The number of alkyl halides is 5. The van der Waals surface area contributed by atoms with Crippen molar-refractivity contribution in [2.45, 2.75) is 18.4 Å². The first-order valence-electron chi connectivity index (χ1n) is 6.88. The highest BCUT2D eigenvalue weighted by Crippen LogP contribution is 2.54. The Morgan fingerprint density at radius 2 is 1.88 bits per heavy atom. The number of rotatable bonds is 2. The molecule has 4 nitrogen and oxygen atoms in total. The molecule has 0 saturated carbocycles. The Bertz CT molecular complexity index is 919. The van der Waals surface area contributed by atoms with Crippen LogP contribution in [0.15, 0.2) is 30.3 Å². The highest BCUT2D eigenvalue weighted by Gasteiger charge is 2.55. The quantitative estimate of drug-likeness (QED) is 0.579. The zero-order chi connectivity index (χ0) is 19.3. The molecule has 2 aromatic carbocycles. The summed E-state index contributed by atoms with van der Waals surface area (Å²) in [5.41, 5.74) is -2.86. The maximum absolute atomic E-state index is 13.6. The molecule has 0 aliphatic carbocycles. The Labute approximate surface area is 142 Å². The topological polar surface area (TPSA) is 43.0 Å². The monoisotopic (exact) mass is 375 g/mol. The van der Waals surface area contributed by atoms with Gasteiger partial charge in [0.25, 0.3) is 0 Å². The van der Waals surface area contributed by atoms with Crippen molar-refractivity contribution >= 4 is 5.69 Å². The summed E-state index contributed by atoms with van der Waals surface area (Å²) in [4.78, 5) is 2.98. The van der Waals surface area contributed by atoms with Crippen molar-refractivity contribution in [1.82, 2.24) is 0 Å². The zero-order valence-electron chi connectivity index (χ0n) is 12.4. The van der Waals surface area contributed by atoms with Crippen LogP contribution in [0.4, 0.5) is 32.0 Å². The second kappa shape index (κ2) is 5.81. The highest BCUT2D eigenvalue weighted by atomic mass is 19.4. The van der Waals surface area contributed by atoms with Crippen LogP contribution in [0.1, 0.15) is 17.2 Å². The smallest absolute Gasteiger partial charge is 0.429 e. The molecular weight excluding hydrogens is 368 g/mol. The van der Waals surface area contributed by atoms with E-state index in [4.69, 9.17) is 11.3 Å². The summed E-state index contributed by atoms with van der Waals surface area (Å²) in [6, 6.07) is 3.90. The largest absolute Gasteiger partial charge is 0.455 e. The normalized spacial score (nSPS) is 18.0. The fraction of sp³-hybridized carbons (Fsp3) is 0.188. The van der Waals surface area contributed by atoms with Gasteiger partial charge in [0.1, 0.15) is 11.6 Å². The van der Waals surface area contributed by atoms with Gasteiger partial charge in [0.15, 0.2) is 23.3 Å². The third-order valence-electron chi connectivity index (χ3n) is 3.51. The van der Waals surface area contributed by atoms with Crippen LogP contribution in [0.5, 0.6) is 17.2 Å². The van der Waals surface area contributed by atoms with E-state index >= 15 is 0 Å². The first-order chi connectivity index (χ1) is 12.0. The van der Waals surface area contributed by atoms with Crippen LogP contribution >= 0.6 is 0 Å². The van der Waals surface area contributed by atoms with Crippen LogP contribution in [0, 0.1) is 12.4 Å². The molecule has 1 heterocycles. The molecule has 0 spiro atoms. The molecule has 3 rings (SSSR count). The van der Waals surface area contributed by atoms with Gasteiger partial charge in [-0.1, -0.05) is 0 Å². The van der Waals surface area contributed by atoms with Crippen LogP contribution < -0.4 is 9.47 Å². The molecule has 0 bridgehead atoms. The zero-order valence-corrected chi connectivity index (χ0v) is 12.4. The lowest BCUT2D eigenvalue weighted by Gasteiger charge is -2.15. The highest BCUT2D eigenvalue weighted by molar-refractivity contribution is 5.58. The SMILES string of the molecule is [C-]#[N+]c1cc(F)cc(Oc2ccc(C(F)(F)F)c3c2OC(F)(F)[C@H]3O)c1. The molecule has 0 unspecified atom stereocenters. The van der Waals surface area contributed by atoms with Gasteiger partial charge in [-0.05, 0) is 24.3 Å². The fourth-order valence-electron chi connectivity index (χ4n) is 2.44. The van der Waals surface area contributed by atoms with Gasteiger partial charge in [-0.2, -0.15) is 22.0 Å². The average molecular weight is 375 g/mol. The van der Waals surface area contributed by atoms with Crippen LogP contribution in [-0.2, 0) is 6.18 Å². The average Bonchev–Trinajstić information content (AvgIpc) is 2.77. The molecular formula is C16H7F6NO3. The molecule has 1 aliphatic rings. The van der Waals surface area contributed by atoms with E-state index in [2.05, 4.69) is 9.58 Å².